The standard InChI is InChI=1S/C80H149NO10/c1-4-7-10-13-16-19-22-24-26-28-30-32-34-36-38-39-41-43-45-47-49-52-55-58-61-64-67-73(84)79(88)81-71(72(83)66-63-60-57-54-51-21-18-15-12-9-6-3)70-89-80-78(77(87)76(86)74(69-82)90-80)91-75(85)68-65-62-59-56-53-50-48-46-44-42-40-37-35-33-31-29-27-25-23-20-17-14-11-8-5-2/h17,20,24-27,63,66,71-74,76-78,80,82-84,86-87H,4-16,18-19,21-23,28-62,64-65,67-70H2,1-3H3,(H,81,88)/b20-17-,26-24+,27-25-,66-63+. The molecule has 0 aliphatic carbocycles. The summed E-state index contributed by atoms with van der Waals surface area (Å²) in [4.78, 5) is 26.7. The molecule has 0 saturated carbocycles. The molecule has 1 rings (SSSR count). The summed E-state index contributed by atoms with van der Waals surface area (Å²) in [5.41, 5.74) is 0. The molecule has 0 aromatic heterocycles. The highest BCUT2D eigenvalue weighted by Crippen LogP contribution is 2.27. The molecule has 8 atom stereocenters. The Labute approximate surface area is 561 Å². The van der Waals surface area contributed by atoms with E-state index in [1.165, 1.54) is 276 Å². The normalized spacial score (nSPS) is 18.2. The number of allylic oxidation sites excluding steroid dienone is 7. The van der Waals surface area contributed by atoms with Gasteiger partial charge in [-0.3, -0.25) is 9.59 Å². The topological polar surface area (TPSA) is 175 Å². The van der Waals surface area contributed by atoms with Gasteiger partial charge in [0.25, 0.3) is 0 Å². The maximum atomic E-state index is 13.5. The molecule has 0 radical (unpaired) electrons. The SMILES string of the molecule is CCCCC/C=C\C/C=C\CCCCCCCCCCCCCCCCCC(=O)OC1C(OCC(NC(=O)C(O)CCCCCCCCCCCCCCCCCC/C=C/CCCCCCCC)C(O)/C=C/CCCCCCCCCCC)OC(CO)C(O)C1O. The van der Waals surface area contributed by atoms with Gasteiger partial charge in [-0.05, 0) is 83.5 Å². The largest absolute Gasteiger partial charge is 0.454 e. The van der Waals surface area contributed by atoms with Crippen LogP contribution in [-0.2, 0) is 23.8 Å². The third-order valence-corrected chi connectivity index (χ3v) is 18.7. The highest BCUT2D eigenvalue weighted by atomic mass is 16.7. The average Bonchev–Trinajstić information content (AvgIpc) is 1.13. The van der Waals surface area contributed by atoms with Crippen LogP contribution in [0.1, 0.15) is 387 Å². The number of aliphatic hydroxyl groups is 5. The number of hydrogen-bond acceptors (Lipinski definition) is 10. The van der Waals surface area contributed by atoms with Crippen LogP contribution in [0.25, 0.3) is 0 Å². The fourth-order valence-corrected chi connectivity index (χ4v) is 12.5. The van der Waals surface area contributed by atoms with E-state index in [-0.39, 0.29) is 13.0 Å². The van der Waals surface area contributed by atoms with Gasteiger partial charge in [-0.15, -0.1) is 0 Å². The molecular formula is C80H149NO10. The van der Waals surface area contributed by atoms with Crippen molar-refractivity contribution < 1.29 is 49.3 Å². The first-order valence-electron chi connectivity index (χ1n) is 39.4. The van der Waals surface area contributed by atoms with E-state index in [1.807, 2.05) is 6.08 Å². The van der Waals surface area contributed by atoms with Crippen molar-refractivity contribution in [2.24, 2.45) is 0 Å². The molecule has 1 aliphatic rings. The zero-order valence-electron chi connectivity index (χ0n) is 59.7. The van der Waals surface area contributed by atoms with Gasteiger partial charge in [0, 0.05) is 6.42 Å². The van der Waals surface area contributed by atoms with E-state index >= 15 is 0 Å². The minimum atomic E-state index is -1.61. The van der Waals surface area contributed by atoms with Crippen LogP contribution in [0.2, 0.25) is 0 Å². The summed E-state index contributed by atoms with van der Waals surface area (Å²) in [5, 5.41) is 57.4. The third kappa shape index (κ3) is 54.4. The molecule has 8 unspecified atom stereocenters. The molecule has 6 N–H and O–H groups in total. The number of hydrogen-bond donors (Lipinski definition) is 6. The van der Waals surface area contributed by atoms with Gasteiger partial charge in [0.2, 0.25) is 5.91 Å². The minimum absolute atomic E-state index is 0.126. The molecule has 1 heterocycles. The number of esters is 1. The maximum Gasteiger partial charge on any atom is 0.306 e. The summed E-state index contributed by atoms with van der Waals surface area (Å²) in [5.74, 6) is -1.18. The predicted molar refractivity (Wildman–Crippen MR) is 384 cm³/mol. The van der Waals surface area contributed by atoms with E-state index in [0.29, 0.717) is 19.3 Å². The fraction of sp³-hybridized carbons (Fsp3) is 0.875. The number of unbranched alkanes of at least 4 members (excludes halogenated alkanes) is 49. The zero-order valence-corrected chi connectivity index (χ0v) is 59.7. The molecule has 534 valence electrons. The van der Waals surface area contributed by atoms with Crippen molar-refractivity contribution >= 4 is 11.9 Å². The second-order valence-corrected chi connectivity index (χ2v) is 27.4. The summed E-state index contributed by atoms with van der Waals surface area (Å²) < 4.78 is 17.7. The van der Waals surface area contributed by atoms with E-state index in [1.54, 1.807) is 6.08 Å². The lowest BCUT2D eigenvalue weighted by molar-refractivity contribution is -0.305. The molecule has 0 aromatic carbocycles. The molecule has 1 aliphatic heterocycles. The first-order chi connectivity index (χ1) is 44.7. The number of carbonyl (C=O) groups is 2. The lowest BCUT2D eigenvalue weighted by Crippen LogP contribution is -2.61. The Morgan fingerprint density at radius 2 is 0.758 bits per heavy atom. The van der Waals surface area contributed by atoms with Crippen LogP contribution in [-0.4, -0.2) is 99.6 Å². The molecular weight excluding hydrogens is 1130 g/mol. The second kappa shape index (κ2) is 67.6. The van der Waals surface area contributed by atoms with Crippen LogP contribution in [0, 0.1) is 0 Å². The van der Waals surface area contributed by atoms with Crippen molar-refractivity contribution in [2.75, 3.05) is 13.2 Å². The van der Waals surface area contributed by atoms with Crippen molar-refractivity contribution in [3.8, 4) is 0 Å². The first kappa shape index (κ1) is 86.6. The van der Waals surface area contributed by atoms with Gasteiger partial charge in [0.1, 0.15) is 24.4 Å². The Morgan fingerprint density at radius 1 is 0.429 bits per heavy atom. The van der Waals surface area contributed by atoms with Gasteiger partial charge in [0.05, 0.1) is 25.4 Å². The van der Waals surface area contributed by atoms with Crippen molar-refractivity contribution in [3.63, 3.8) is 0 Å². The van der Waals surface area contributed by atoms with E-state index in [4.69, 9.17) is 14.2 Å². The van der Waals surface area contributed by atoms with Gasteiger partial charge in [-0.25, -0.2) is 0 Å². The zero-order chi connectivity index (χ0) is 66.0. The summed E-state index contributed by atoms with van der Waals surface area (Å²) in [6, 6.07) is -1.02. The molecule has 0 bridgehead atoms. The summed E-state index contributed by atoms with van der Waals surface area (Å²) >= 11 is 0. The molecule has 11 heteroatoms. The number of carbonyl (C=O) groups excluding carboxylic acids is 2. The first-order valence-corrected chi connectivity index (χ1v) is 39.4. The number of ether oxygens (including phenoxy) is 3. The Hall–Kier alpha value is -2.38. The van der Waals surface area contributed by atoms with E-state index < -0.39 is 67.4 Å². The van der Waals surface area contributed by atoms with Gasteiger partial charge < -0.3 is 45.1 Å². The fourth-order valence-electron chi connectivity index (χ4n) is 12.5. The van der Waals surface area contributed by atoms with Crippen LogP contribution >= 0.6 is 0 Å². The Morgan fingerprint density at radius 3 is 1.15 bits per heavy atom. The van der Waals surface area contributed by atoms with Crippen LogP contribution in [0.4, 0.5) is 0 Å². The summed E-state index contributed by atoms with van der Waals surface area (Å²) in [6.07, 6.45) is 76.0. The second-order valence-electron chi connectivity index (χ2n) is 27.4. The van der Waals surface area contributed by atoms with Crippen molar-refractivity contribution in [1.29, 1.82) is 0 Å². The van der Waals surface area contributed by atoms with Crippen LogP contribution < -0.4 is 5.32 Å². The third-order valence-electron chi connectivity index (χ3n) is 18.7. The van der Waals surface area contributed by atoms with Gasteiger partial charge in [-0.2, -0.15) is 0 Å². The molecule has 91 heavy (non-hydrogen) atoms. The predicted octanol–water partition coefficient (Wildman–Crippen LogP) is 21.1. The van der Waals surface area contributed by atoms with Crippen molar-refractivity contribution in [1.82, 2.24) is 5.32 Å². The van der Waals surface area contributed by atoms with E-state index in [2.05, 4.69) is 62.5 Å². The summed E-state index contributed by atoms with van der Waals surface area (Å²) in [6.45, 7) is 5.82. The Kier molecular flexibility index (Phi) is 64.3. The molecule has 1 amide bonds. The molecule has 1 saturated heterocycles. The smallest absolute Gasteiger partial charge is 0.306 e. The minimum Gasteiger partial charge on any atom is -0.454 e. The van der Waals surface area contributed by atoms with Crippen LogP contribution in [0.5, 0.6) is 0 Å². The maximum absolute atomic E-state index is 13.5. The Bertz CT molecular complexity index is 1670. The molecule has 0 aromatic rings. The number of amides is 1. The lowest BCUT2D eigenvalue weighted by Gasteiger charge is -2.41. The molecule has 1 fully saturated rings. The Balaban J connectivity index is 2.47. The van der Waals surface area contributed by atoms with Crippen molar-refractivity contribution in [2.45, 2.75) is 436 Å². The summed E-state index contributed by atoms with van der Waals surface area (Å²) in [7, 11) is 0. The molecule has 0 spiro atoms. The van der Waals surface area contributed by atoms with Crippen LogP contribution in [0.15, 0.2) is 48.6 Å². The lowest BCUT2D eigenvalue weighted by atomic mass is 9.99. The van der Waals surface area contributed by atoms with Gasteiger partial charge in [-0.1, -0.05) is 345 Å². The van der Waals surface area contributed by atoms with E-state index in [0.717, 1.165) is 64.2 Å². The van der Waals surface area contributed by atoms with E-state index in [9.17, 15) is 35.1 Å². The average molecular weight is 1290 g/mol. The quantitative estimate of drug-likeness (QED) is 0.0195. The number of rotatable bonds is 69. The van der Waals surface area contributed by atoms with Gasteiger partial charge >= 0.3 is 5.97 Å². The highest BCUT2D eigenvalue weighted by Gasteiger charge is 2.47. The van der Waals surface area contributed by atoms with Crippen molar-refractivity contribution in [3.05, 3.63) is 48.6 Å². The van der Waals surface area contributed by atoms with Gasteiger partial charge in [0.15, 0.2) is 12.4 Å². The monoisotopic (exact) mass is 1280 g/mol. The van der Waals surface area contributed by atoms with Crippen LogP contribution in [0.3, 0.4) is 0 Å². The number of nitrogens with one attached hydrogen (secondary N) is 1. The number of aliphatic hydroxyl groups excluding tert-OH is 5. The molecule has 11 nitrogen and oxygen atoms in total. The highest BCUT2D eigenvalue weighted by molar-refractivity contribution is 5.80.